The van der Waals surface area contributed by atoms with Gasteiger partial charge in [-0.25, -0.2) is 0 Å². The Kier molecular flexibility index (Phi) is 6.93. The molecule has 1 aliphatic heterocycles. The number of amides is 2. The molecule has 2 aliphatic rings. The fraction of sp³-hybridized carbons (Fsp3) is 0.583. The van der Waals surface area contributed by atoms with Gasteiger partial charge in [-0.05, 0) is 42.2 Å². The molecule has 1 saturated carbocycles. The zero-order valence-electron chi connectivity index (χ0n) is 17.5. The van der Waals surface area contributed by atoms with Crippen LogP contribution in [-0.4, -0.2) is 35.8 Å². The predicted molar refractivity (Wildman–Crippen MR) is 114 cm³/mol. The molecule has 4 nitrogen and oxygen atoms in total. The van der Waals surface area contributed by atoms with Crippen molar-refractivity contribution < 1.29 is 9.59 Å². The van der Waals surface area contributed by atoms with E-state index in [0.29, 0.717) is 19.0 Å². The van der Waals surface area contributed by atoms with Crippen molar-refractivity contribution in [3.05, 3.63) is 42.0 Å². The first-order valence-electron chi connectivity index (χ1n) is 10.8. The molecule has 0 radical (unpaired) electrons. The Hall–Kier alpha value is -2.10. The quantitative estimate of drug-likeness (QED) is 0.827. The molecule has 0 aromatic heterocycles. The highest BCUT2D eigenvalue weighted by molar-refractivity contribution is 5.89. The van der Waals surface area contributed by atoms with E-state index in [1.54, 1.807) is 0 Å². The van der Waals surface area contributed by atoms with Crippen LogP contribution in [-0.2, 0) is 9.59 Å². The van der Waals surface area contributed by atoms with Gasteiger partial charge in [0.2, 0.25) is 11.8 Å². The van der Waals surface area contributed by atoms with E-state index >= 15 is 0 Å². The maximum atomic E-state index is 13.2. The van der Waals surface area contributed by atoms with E-state index < -0.39 is 6.04 Å². The second-order valence-corrected chi connectivity index (χ2v) is 8.73. The van der Waals surface area contributed by atoms with Gasteiger partial charge in [0.05, 0.1) is 0 Å². The maximum absolute atomic E-state index is 13.2. The molecule has 0 unspecified atom stereocenters. The summed E-state index contributed by atoms with van der Waals surface area (Å²) in [5.74, 6) is 0.651. The number of hydrogen-bond acceptors (Lipinski definition) is 2. The summed E-state index contributed by atoms with van der Waals surface area (Å²) in [5, 5.41) is 3.11. The lowest BCUT2D eigenvalue weighted by Gasteiger charge is -2.34. The topological polar surface area (TPSA) is 49.4 Å². The predicted octanol–water partition coefficient (Wildman–Crippen LogP) is 4.27. The zero-order chi connectivity index (χ0) is 20.1. The zero-order valence-corrected chi connectivity index (χ0v) is 17.5. The van der Waals surface area contributed by atoms with Gasteiger partial charge in [-0.1, -0.05) is 70.0 Å². The number of nitrogens with zero attached hydrogens (tertiary/aromatic N) is 1. The van der Waals surface area contributed by atoms with E-state index in [9.17, 15) is 9.59 Å². The van der Waals surface area contributed by atoms with Gasteiger partial charge in [-0.2, -0.15) is 0 Å². The summed E-state index contributed by atoms with van der Waals surface area (Å²) in [5.41, 5.74) is 2.53. The van der Waals surface area contributed by atoms with Gasteiger partial charge in [0, 0.05) is 19.0 Å². The van der Waals surface area contributed by atoms with Crippen molar-refractivity contribution in [2.45, 2.75) is 58.9 Å². The van der Waals surface area contributed by atoms with Crippen molar-refractivity contribution in [3.8, 4) is 0 Å². The lowest BCUT2D eigenvalue weighted by molar-refractivity contribution is -0.139. The first kappa shape index (κ1) is 20.6. The SMILES string of the molecule is CC(C)[C@H](NC(=O)[C@@H]1CCCC[C@@H]1C)C(=O)N1CC=C(c2ccccc2)CC1. The second kappa shape index (κ2) is 9.40. The molecular formula is C24H34N2O2. The molecule has 4 heteroatoms. The fourth-order valence-electron chi connectivity index (χ4n) is 4.46. The summed E-state index contributed by atoms with van der Waals surface area (Å²) in [4.78, 5) is 27.9. The van der Waals surface area contributed by atoms with Gasteiger partial charge in [0.25, 0.3) is 0 Å². The third-order valence-electron chi connectivity index (χ3n) is 6.34. The van der Waals surface area contributed by atoms with Gasteiger partial charge < -0.3 is 10.2 Å². The number of rotatable bonds is 5. The highest BCUT2D eigenvalue weighted by atomic mass is 16.2. The van der Waals surface area contributed by atoms with Crippen molar-refractivity contribution in [2.75, 3.05) is 13.1 Å². The Labute approximate surface area is 169 Å². The van der Waals surface area contributed by atoms with Crippen LogP contribution in [0.2, 0.25) is 0 Å². The smallest absolute Gasteiger partial charge is 0.245 e. The minimum atomic E-state index is -0.437. The van der Waals surface area contributed by atoms with Crippen molar-refractivity contribution >= 4 is 17.4 Å². The van der Waals surface area contributed by atoms with Crippen LogP contribution in [0.3, 0.4) is 0 Å². The lowest BCUT2D eigenvalue weighted by atomic mass is 9.79. The molecule has 0 saturated heterocycles. The summed E-state index contributed by atoms with van der Waals surface area (Å²) < 4.78 is 0. The number of hydrogen-bond donors (Lipinski definition) is 1. The van der Waals surface area contributed by atoms with Crippen molar-refractivity contribution in [1.29, 1.82) is 0 Å². The van der Waals surface area contributed by atoms with E-state index in [0.717, 1.165) is 25.7 Å². The fourth-order valence-corrected chi connectivity index (χ4v) is 4.46. The highest BCUT2D eigenvalue weighted by Crippen LogP contribution is 2.30. The average Bonchev–Trinajstić information content (AvgIpc) is 2.72. The summed E-state index contributed by atoms with van der Waals surface area (Å²) in [6.45, 7) is 7.52. The Morgan fingerprint density at radius 1 is 1.11 bits per heavy atom. The van der Waals surface area contributed by atoms with Gasteiger partial charge in [-0.15, -0.1) is 0 Å². The largest absolute Gasteiger partial charge is 0.344 e. The van der Waals surface area contributed by atoms with E-state index in [2.05, 4.69) is 30.4 Å². The minimum Gasteiger partial charge on any atom is -0.344 e. The molecular weight excluding hydrogens is 348 g/mol. The third-order valence-corrected chi connectivity index (χ3v) is 6.34. The number of carbonyl (C=O) groups excluding carboxylic acids is 2. The molecule has 1 fully saturated rings. The summed E-state index contributed by atoms with van der Waals surface area (Å²) in [7, 11) is 0. The van der Waals surface area contributed by atoms with Crippen LogP contribution in [0.15, 0.2) is 36.4 Å². The molecule has 1 N–H and O–H groups in total. The Bertz CT molecular complexity index is 711. The van der Waals surface area contributed by atoms with E-state index in [1.807, 2.05) is 36.9 Å². The Balaban J connectivity index is 1.63. The van der Waals surface area contributed by atoms with Crippen molar-refractivity contribution in [3.63, 3.8) is 0 Å². The van der Waals surface area contributed by atoms with Gasteiger partial charge >= 0.3 is 0 Å². The van der Waals surface area contributed by atoms with Crippen LogP contribution in [0, 0.1) is 17.8 Å². The highest BCUT2D eigenvalue weighted by Gasteiger charge is 2.34. The van der Waals surface area contributed by atoms with Crippen molar-refractivity contribution in [2.24, 2.45) is 17.8 Å². The Morgan fingerprint density at radius 2 is 1.82 bits per heavy atom. The summed E-state index contributed by atoms with van der Waals surface area (Å²) in [6, 6.07) is 9.91. The molecule has 28 heavy (non-hydrogen) atoms. The maximum Gasteiger partial charge on any atom is 0.245 e. The van der Waals surface area contributed by atoms with Crippen LogP contribution < -0.4 is 5.32 Å². The van der Waals surface area contributed by atoms with E-state index in [1.165, 1.54) is 17.6 Å². The van der Waals surface area contributed by atoms with Crippen molar-refractivity contribution in [1.82, 2.24) is 10.2 Å². The van der Waals surface area contributed by atoms with Gasteiger partial charge in [-0.3, -0.25) is 9.59 Å². The van der Waals surface area contributed by atoms with E-state index in [4.69, 9.17) is 0 Å². The third kappa shape index (κ3) is 4.84. The number of nitrogens with one attached hydrogen (secondary N) is 1. The minimum absolute atomic E-state index is 0.0498. The summed E-state index contributed by atoms with van der Waals surface area (Å²) >= 11 is 0. The van der Waals surface area contributed by atoms with E-state index in [-0.39, 0.29) is 23.7 Å². The summed E-state index contributed by atoms with van der Waals surface area (Å²) in [6.07, 6.45) is 7.38. The molecule has 3 rings (SSSR count). The van der Waals surface area contributed by atoms with Crippen LogP contribution in [0.4, 0.5) is 0 Å². The molecule has 1 heterocycles. The van der Waals surface area contributed by atoms with Crippen LogP contribution in [0.1, 0.15) is 58.4 Å². The molecule has 2 amide bonds. The second-order valence-electron chi connectivity index (χ2n) is 8.73. The standard InChI is InChI=1S/C24H34N2O2/c1-17(2)22(25-23(27)21-12-8-7-9-18(21)3)24(28)26-15-13-20(14-16-26)19-10-5-4-6-11-19/h4-6,10-11,13,17-18,21-22H,7-9,12,14-16H2,1-3H3,(H,25,27)/t18-,21+,22-/m0/s1. The molecule has 3 atom stereocenters. The lowest BCUT2D eigenvalue weighted by Crippen LogP contribution is -2.53. The van der Waals surface area contributed by atoms with Crippen LogP contribution in [0.25, 0.3) is 5.57 Å². The normalized spacial score (nSPS) is 23.9. The molecule has 0 bridgehead atoms. The molecule has 1 aromatic rings. The number of carbonyl (C=O) groups is 2. The molecule has 152 valence electrons. The molecule has 1 aromatic carbocycles. The van der Waals surface area contributed by atoms with Gasteiger partial charge in [0.15, 0.2) is 0 Å². The monoisotopic (exact) mass is 382 g/mol. The van der Waals surface area contributed by atoms with Gasteiger partial charge in [0.1, 0.15) is 6.04 Å². The first-order valence-corrected chi connectivity index (χ1v) is 10.8. The number of benzene rings is 1. The Morgan fingerprint density at radius 3 is 2.43 bits per heavy atom. The average molecular weight is 383 g/mol. The molecule has 1 aliphatic carbocycles. The molecule has 0 spiro atoms. The van der Waals surface area contributed by atoms with Crippen LogP contribution >= 0.6 is 0 Å². The first-order chi connectivity index (χ1) is 13.5. The van der Waals surface area contributed by atoms with Crippen LogP contribution in [0.5, 0.6) is 0 Å².